The number of hydrogen-bond donors (Lipinski definition) is 1. The summed E-state index contributed by atoms with van der Waals surface area (Å²) in [5, 5.41) is 11.2. The Kier molecular flexibility index (Phi) is 6.31. The summed E-state index contributed by atoms with van der Waals surface area (Å²) in [5.41, 5.74) is 1.76. The predicted octanol–water partition coefficient (Wildman–Crippen LogP) is 4.33. The molecule has 0 atom stereocenters. The van der Waals surface area contributed by atoms with E-state index < -0.39 is 12.1 Å². The number of hydrogen-bond acceptors (Lipinski definition) is 4. The highest BCUT2D eigenvalue weighted by atomic mass is 32.2. The van der Waals surface area contributed by atoms with Gasteiger partial charge in [0.15, 0.2) is 0 Å². The van der Waals surface area contributed by atoms with E-state index in [1.807, 2.05) is 6.07 Å². The van der Waals surface area contributed by atoms with Crippen LogP contribution in [0.1, 0.15) is 11.1 Å². The van der Waals surface area contributed by atoms with Crippen LogP contribution in [0.2, 0.25) is 0 Å². The van der Waals surface area contributed by atoms with Gasteiger partial charge in [0.05, 0.1) is 17.4 Å². The second-order valence-corrected chi connectivity index (χ2v) is 5.91. The van der Waals surface area contributed by atoms with E-state index in [-0.39, 0.29) is 17.3 Å². The Morgan fingerprint density at radius 3 is 2.56 bits per heavy atom. The lowest BCUT2D eigenvalue weighted by molar-refractivity contribution is -0.274. The molecule has 0 bridgehead atoms. The predicted molar refractivity (Wildman–Crippen MR) is 89.1 cm³/mol. The van der Waals surface area contributed by atoms with Crippen molar-refractivity contribution >= 4 is 23.4 Å². The van der Waals surface area contributed by atoms with E-state index in [0.717, 1.165) is 17.7 Å². The number of rotatable bonds is 6. The quantitative estimate of drug-likeness (QED) is 0.827. The van der Waals surface area contributed by atoms with Gasteiger partial charge in [-0.1, -0.05) is 18.2 Å². The van der Waals surface area contributed by atoms with Gasteiger partial charge in [-0.25, -0.2) is 0 Å². The van der Waals surface area contributed by atoms with Crippen molar-refractivity contribution in [2.24, 2.45) is 0 Å². The zero-order valence-electron chi connectivity index (χ0n) is 12.8. The maximum absolute atomic E-state index is 12.2. The Morgan fingerprint density at radius 2 is 1.92 bits per heavy atom. The molecule has 0 fully saturated rings. The molecule has 1 N–H and O–H groups in total. The number of alkyl halides is 3. The van der Waals surface area contributed by atoms with Crippen LogP contribution in [0, 0.1) is 11.3 Å². The van der Waals surface area contributed by atoms with Crippen LogP contribution in [0.4, 0.5) is 18.9 Å². The van der Waals surface area contributed by atoms with Gasteiger partial charge in [-0.15, -0.1) is 24.9 Å². The topological polar surface area (TPSA) is 62.1 Å². The molecule has 4 nitrogen and oxygen atoms in total. The minimum Gasteiger partial charge on any atom is -0.406 e. The fourth-order valence-corrected chi connectivity index (χ4v) is 2.69. The molecule has 2 aromatic rings. The van der Waals surface area contributed by atoms with Gasteiger partial charge in [-0.2, -0.15) is 5.26 Å². The first-order chi connectivity index (χ1) is 11.9. The third-order valence-electron chi connectivity index (χ3n) is 2.94. The molecule has 1 amide bonds. The second-order valence-electron chi connectivity index (χ2n) is 4.93. The van der Waals surface area contributed by atoms with Gasteiger partial charge in [0, 0.05) is 17.5 Å². The normalized spacial score (nSPS) is 10.8. The highest BCUT2D eigenvalue weighted by Crippen LogP contribution is 2.25. The average molecular weight is 366 g/mol. The molecule has 2 aromatic carbocycles. The van der Waals surface area contributed by atoms with E-state index in [1.54, 1.807) is 24.3 Å². The van der Waals surface area contributed by atoms with E-state index in [2.05, 4.69) is 10.1 Å². The number of nitrogens with zero attached hydrogens (tertiary/aromatic N) is 1. The molecular weight excluding hydrogens is 353 g/mol. The van der Waals surface area contributed by atoms with Crippen LogP contribution in [-0.2, 0) is 10.5 Å². The lowest BCUT2D eigenvalue weighted by Crippen LogP contribution is -2.18. The molecule has 0 heterocycles. The van der Waals surface area contributed by atoms with Gasteiger partial charge in [0.25, 0.3) is 0 Å². The molecule has 25 heavy (non-hydrogen) atoms. The van der Waals surface area contributed by atoms with E-state index >= 15 is 0 Å². The van der Waals surface area contributed by atoms with Crippen molar-refractivity contribution in [2.75, 3.05) is 11.1 Å². The maximum Gasteiger partial charge on any atom is 0.573 e. The summed E-state index contributed by atoms with van der Waals surface area (Å²) in [6.07, 6.45) is -4.78. The third-order valence-corrected chi connectivity index (χ3v) is 3.94. The van der Waals surface area contributed by atoms with Crippen LogP contribution in [0.5, 0.6) is 5.75 Å². The van der Waals surface area contributed by atoms with Crippen molar-refractivity contribution in [2.45, 2.75) is 12.1 Å². The van der Waals surface area contributed by atoms with Crippen molar-refractivity contribution in [1.82, 2.24) is 0 Å². The molecule has 0 spiro atoms. The third kappa shape index (κ3) is 6.77. The molecule has 0 aliphatic rings. The first-order valence-corrected chi connectivity index (χ1v) is 8.23. The van der Waals surface area contributed by atoms with Crippen molar-refractivity contribution < 1.29 is 22.7 Å². The van der Waals surface area contributed by atoms with Crippen molar-refractivity contribution in [3.05, 3.63) is 59.7 Å². The highest BCUT2D eigenvalue weighted by Gasteiger charge is 2.31. The lowest BCUT2D eigenvalue weighted by atomic mass is 10.2. The van der Waals surface area contributed by atoms with E-state index in [4.69, 9.17) is 5.26 Å². The lowest BCUT2D eigenvalue weighted by Gasteiger charge is -2.10. The SMILES string of the molecule is N#Cc1ccc(CSCC(=O)Nc2cccc(OC(F)(F)F)c2)cc1. The van der Waals surface area contributed by atoms with Gasteiger partial charge in [0.1, 0.15) is 5.75 Å². The Bertz CT molecular complexity index is 771. The minimum atomic E-state index is -4.78. The number of ether oxygens (including phenoxy) is 1. The standard InChI is InChI=1S/C17H13F3N2O2S/c18-17(19,20)24-15-3-1-2-14(8-15)22-16(23)11-25-10-13-6-4-12(9-21)5-7-13/h1-8H,10-11H2,(H,22,23). The first kappa shape index (κ1) is 18.7. The molecule has 130 valence electrons. The summed E-state index contributed by atoms with van der Waals surface area (Å²) in [7, 11) is 0. The fraction of sp³-hybridized carbons (Fsp3) is 0.176. The Balaban J connectivity index is 1.81. The molecule has 0 aromatic heterocycles. The van der Waals surface area contributed by atoms with Gasteiger partial charge in [-0.3, -0.25) is 4.79 Å². The number of amides is 1. The van der Waals surface area contributed by atoms with E-state index in [1.165, 1.54) is 23.9 Å². The van der Waals surface area contributed by atoms with Crippen molar-refractivity contribution in [1.29, 1.82) is 5.26 Å². The molecule has 0 saturated heterocycles. The number of nitriles is 1. The number of thioether (sulfide) groups is 1. The molecule has 2 rings (SSSR count). The molecule has 0 aliphatic heterocycles. The number of carbonyl (C=O) groups is 1. The van der Waals surface area contributed by atoms with Crippen LogP contribution in [-0.4, -0.2) is 18.0 Å². The number of benzene rings is 2. The van der Waals surface area contributed by atoms with Crippen LogP contribution < -0.4 is 10.1 Å². The minimum absolute atomic E-state index is 0.143. The van der Waals surface area contributed by atoms with Crippen LogP contribution in [0.3, 0.4) is 0 Å². The summed E-state index contributed by atoms with van der Waals surface area (Å²) >= 11 is 1.36. The van der Waals surface area contributed by atoms with Crippen molar-refractivity contribution in [3.8, 4) is 11.8 Å². The summed E-state index contributed by atoms with van der Waals surface area (Å²) in [6, 6.07) is 14.1. The number of anilines is 1. The fourth-order valence-electron chi connectivity index (χ4n) is 1.91. The van der Waals surface area contributed by atoms with Gasteiger partial charge >= 0.3 is 6.36 Å². The van der Waals surface area contributed by atoms with Crippen LogP contribution >= 0.6 is 11.8 Å². The summed E-state index contributed by atoms with van der Waals surface area (Å²) in [4.78, 5) is 11.9. The molecule has 8 heteroatoms. The summed E-state index contributed by atoms with van der Waals surface area (Å²) in [5.74, 6) is -0.000833. The van der Waals surface area contributed by atoms with Crippen molar-refractivity contribution in [3.63, 3.8) is 0 Å². The summed E-state index contributed by atoms with van der Waals surface area (Å²) < 4.78 is 40.3. The van der Waals surface area contributed by atoms with Gasteiger partial charge in [-0.05, 0) is 29.8 Å². The van der Waals surface area contributed by atoms with Crippen LogP contribution in [0.15, 0.2) is 48.5 Å². The zero-order valence-corrected chi connectivity index (χ0v) is 13.7. The van der Waals surface area contributed by atoms with Gasteiger partial charge < -0.3 is 10.1 Å². The van der Waals surface area contributed by atoms with Crippen LogP contribution in [0.25, 0.3) is 0 Å². The summed E-state index contributed by atoms with van der Waals surface area (Å²) in [6.45, 7) is 0. The molecule has 0 aliphatic carbocycles. The smallest absolute Gasteiger partial charge is 0.406 e. The second kappa shape index (κ2) is 8.44. The largest absolute Gasteiger partial charge is 0.573 e. The number of carbonyl (C=O) groups excluding carboxylic acids is 1. The number of halogens is 3. The monoisotopic (exact) mass is 366 g/mol. The molecular formula is C17H13F3N2O2S. The molecule has 0 radical (unpaired) electrons. The van der Waals surface area contributed by atoms with E-state index in [0.29, 0.717) is 11.3 Å². The highest BCUT2D eigenvalue weighted by molar-refractivity contribution is 7.99. The average Bonchev–Trinajstić information content (AvgIpc) is 2.54. The maximum atomic E-state index is 12.2. The molecule has 0 unspecified atom stereocenters. The molecule has 0 saturated carbocycles. The Hall–Kier alpha value is -2.66. The first-order valence-electron chi connectivity index (χ1n) is 7.08. The Morgan fingerprint density at radius 1 is 1.20 bits per heavy atom. The number of nitrogens with one attached hydrogen (secondary N) is 1. The van der Waals surface area contributed by atoms with Gasteiger partial charge in [0.2, 0.25) is 5.91 Å². The zero-order chi connectivity index (χ0) is 18.3. The van der Waals surface area contributed by atoms with E-state index in [9.17, 15) is 18.0 Å². The Labute approximate surface area is 146 Å².